The predicted octanol–water partition coefficient (Wildman–Crippen LogP) is 3.02. The van der Waals surface area contributed by atoms with Gasteiger partial charge < -0.3 is 9.84 Å². The van der Waals surface area contributed by atoms with E-state index in [0.717, 1.165) is 6.07 Å². The summed E-state index contributed by atoms with van der Waals surface area (Å²) in [5.41, 5.74) is 1.75. The van der Waals surface area contributed by atoms with Crippen LogP contribution in [0.4, 0.5) is 4.39 Å². The first-order valence-electron chi connectivity index (χ1n) is 6.74. The second-order valence-electron chi connectivity index (χ2n) is 4.70. The second-order valence-corrected chi connectivity index (χ2v) is 4.70. The molecule has 0 unspecified atom stereocenters. The standard InChI is InChI=1S/C16H13FN2O3/c1-2-22-16(21)10-5-6-19-11(7-10)8-15(18-19)13-4-3-12(20)9-14(13)17/h3-9,20H,2H2,1H3. The van der Waals surface area contributed by atoms with Crippen LogP contribution in [0.3, 0.4) is 0 Å². The number of carbonyl (C=O) groups is 1. The number of pyridine rings is 1. The van der Waals surface area contributed by atoms with E-state index in [9.17, 15) is 14.3 Å². The van der Waals surface area contributed by atoms with Crippen molar-refractivity contribution in [1.29, 1.82) is 0 Å². The number of esters is 1. The molecule has 2 aromatic heterocycles. The van der Waals surface area contributed by atoms with Gasteiger partial charge in [-0.1, -0.05) is 0 Å². The zero-order chi connectivity index (χ0) is 15.7. The molecule has 0 saturated heterocycles. The molecule has 0 aliphatic rings. The van der Waals surface area contributed by atoms with Crippen LogP contribution >= 0.6 is 0 Å². The normalized spacial score (nSPS) is 10.8. The third kappa shape index (κ3) is 2.50. The highest BCUT2D eigenvalue weighted by Crippen LogP contribution is 2.26. The molecule has 1 N–H and O–H groups in total. The summed E-state index contributed by atoms with van der Waals surface area (Å²) in [6, 6.07) is 8.77. The van der Waals surface area contributed by atoms with Gasteiger partial charge in [-0.25, -0.2) is 13.7 Å². The Bertz CT molecular complexity index is 858. The number of fused-ring (bicyclic) bond motifs is 1. The molecule has 112 valence electrons. The van der Waals surface area contributed by atoms with Crippen molar-refractivity contribution in [2.75, 3.05) is 6.61 Å². The van der Waals surface area contributed by atoms with Crippen molar-refractivity contribution in [2.45, 2.75) is 6.92 Å². The Morgan fingerprint density at radius 1 is 1.32 bits per heavy atom. The van der Waals surface area contributed by atoms with Crippen LogP contribution in [-0.4, -0.2) is 27.3 Å². The summed E-state index contributed by atoms with van der Waals surface area (Å²) >= 11 is 0. The highest BCUT2D eigenvalue weighted by atomic mass is 19.1. The Labute approximate surface area is 125 Å². The Morgan fingerprint density at radius 3 is 2.86 bits per heavy atom. The van der Waals surface area contributed by atoms with Crippen molar-refractivity contribution in [1.82, 2.24) is 9.61 Å². The number of aromatic hydroxyl groups is 1. The molecule has 0 bridgehead atoms. The topological polar surface area (TPSA) is 63.8 Å². The van der Waals surface area contributed by atoms with E-state index in [1.807, 2.05) is 0 Å². The van der Waals surface area contributed by atoms with E-state index >= 15 is 0 Å². The maximum Gasteiger partial charge on any atom is 0.338 e. The van der Waals surface area contributed by atoms with E-state index in [4.69, 9.17) is 4.74 Å². The number of phenolic OH excluding ortho intramolecular Hbond substituents is 1. The third-order valence-corrected chi connectivity index (χ3v) is 3.20. The smallest absolute Gasteiger partial charge is 0.338 e. The van der Waals surface area contributed by atoms with E-state index in [0.29, 0.717) is 23.4 Å². The Balaban J connectivity index is 2.04. The van der Waals surface area contributed by atoms with E-state index in [-0.39, 0.29) is 11.3 Å². The Hall–Kier alpha value is -2.89. The average Bonchev–Trinajstić information content (AvgIpc) is 2.89. The van der Waals surface area contributed by atoms with Crippen LogP contribution in [0.5, 0.6) is 5.75 Å². The van der Waals surface area contributed by atoms with Gasteiger partial charge in [0.25, 0.3) is 0 Å². The van der Waals surface area contributed by atoms with Gasteiger partial charge >= 0.3 is 5.97 Å². The van der Waals surface area contributed by atoms with Gasteiger partial charge in [-0.15, -0.1) is 0 Å². The molecule has 3 rings (SSSR count). The number of ether oxygens (including phenoxy) is 1. The van der Waals surface area contributed by atoms with Crippen LogP contribution in [0.25, 0.3) is 16.8 Å². The molecule has 0 amide bonds. The molecule has 22 heavy (non-hydrogen) atoms. The van der Waals surface area contributed by atoms with Crippen molar-refractivity contribution >= 4 is 11.5 Å². The van der Waals surface area contributed by atoms with Gasteiger partial charge in [0.05, 0.1) is 23.4 Å². The van der Waals surface area contributed by atoms with E-state index in [2.05, 4.69) is 5.10 Å². The summed E-state index contributed by atoms with van der Waals surface area (Å²) in [6.07, 6.45) is 1.61. The lowest BCUT2D eigenvalue weighted by Gasteiger charge is -2.01. The van der Waals surface area contributed by atoms with Crippen molar-refractivity contribution in [3.05, 3.63) is 54.0 Å². The first-order chi connectivity index (χ1) is 10.6. The van der Waals surface area contributed by atoms with E-state index < -0.39 is 11.8 Å². The van der Waals surface area contributed by atoms with Gasteiger partial charge in [0.2, 0.25) is 0 Å². The molecule has 0 spiro atoms. The minimum absolute atomic E-state index is 0.144. The quantitative estimate of drug-likeness (QED) is 0.755. The largest absolute Gasteiger partial charge is 0.508 e. The number of aromatic nitrogens is 2. The highest BCUT2D eigenvalue weighted by molar-refractivity contribution is 5.90. The summed E-state index contributed by atoms with van der Waals surface area (Å²) in [6.45, 7) is 2.04. The van der Waals surface area contributed by atoms with Crippen molar-refractivity contribution in [2.24, 2.45) is 0 Å². The number of carbonyl (C=O) groups excluding carboxylic acids is 1. The average molecular weight is 300 g/mol. The molecular weight excluding hydrogens is 287 g/mol. The molecule has 0 aliphatic heterocycles. The molecule has 0 aliphatic carbocycles. The third-order valence-electron chi connectivity index (χ3n) is 3.20. The fourth-order valence-electron chi connectivity index (χ4n) is 2.18. The number of phenols is 1. The van der Waals surface area contributed by atoms with Crippen molar-refractivity contribution < 1.29 is 19.0 Å². The molecular formula is C16H13FN2O3. The number of hydrogen-bond acceptors (Lipinski definition) is 4. The van der Waals surface area contributed by atoms with Gasteiger partial charge in [0, 0.05) is 17.8 Å². The number of rotatable bonds is 3. The number of nitrogens with zero attached hydrogens (tertiary/aromatic N) is 2. The van der Waals surface area contributed by atoms with E-state index in [1.54, 1.807) is 35.8 Å². The van der Waals surface area contributed by atoms with Gasteiger partial charge in [-0.2, -0.15) is 5.10 Å². The minimum Gasteiger partial charge on any atom is -0.508 e. The molecule has 0 atom stereocenters. The van der Waals surface area contributed by atoms with Crippen molar-refractivity contribution in [3.8, 4) is 17.0 Å². The lowest BCUT2D eigenvalue weighted by atomic mass is 10.1. The Kier molecular flexibility index (Phi) is 3.50. The van der Waals surface area contributed by atoms with Crippen LogP contribution in [-0.2, 0) is 4.74 Å². The monoisotopic (exact) mass is 300 g/mol. The Morgan fingerprint density at radius 2 is 2.14 bits per heavy atom. The van der Waals surface area contributed by atoms with Gasteiger partial charge in [0.15, 0.2) is 0 Å². The lowest BCUT2D eigenvalue weighted by Crippen LogP contribution is -2.05. The number of hydrogen-bond donors (Lipinski definition) is 1. The summed E-state index contributed by atoms with van der Waals surface area (Å²) in [5.74, 6) is -1.12. The first-order valence-corrected chi connectivity index (χ1v) is 6.74. The predicted molar refractivity (Wildman–Crippen MR) is 78.2 cm³/mol. The zero-order valence-electron chi connectivity index (χ0n) is 11.8. The van der Waals surface area contributed by atoms with Crippen LogP contribution in [0, 0.1) is 5.82 Å². The molecule has 6 heteroatoms. The molecule has 0 fully saturated rings. The van der Waals surface area contributed by atoms with Gasteiger partial charge in [-0.05, 0) is 37.3 Å². The molecule has 0 saturated carbocycles. The first kappa shape index (κ1) is 14.1. The maximum absolute atomic E-state index is 13.9. The minimum atomic E-state index is -0.561. The van der Waals surface area contributed by atoms with Crippen LogP contribution in [0.2, 0.25) is 0 Å². The number of benzene rings is 1. The number of halogens is 1. The summed E-state index contributed by atoms with van der Waals surface area (Å²) < 4.78 is 20.4. The van der Waals surface area contributed by atoms with Gasteiger partial charge in [0.1, 0.15) is 11.6 Å². The zero-order valence-corrected chi connectivity index (χ0v) is 11.8. The second kappa shape index (κ2) is 5.48. The summed E-state index contributed by atoms with van der Waals surface area (Å²) in [7, 11) is 0. The molecule has 5 nitrogen and oxygen atoms in total. The van der Waals surface area contributed by atoms with Crippen LogP contribution < -0.4 is 0 Å². The molecule has 1 aromatic carbocycles. The SMILES string of the molecule is CCOC(=O)c1ccn2nc(-c3ccc(O)cc3F)cc2c1. The van der Waals surface area contributed by atoms with Gasteiger partial charge in [-0.3, -0.25) is 0 Å². The summed E-state index contributed by atoms with van der Waals surface area (Å²) in [5, 5.41) is 13.5. The summed E-state index contributed by atoms with van der Waals surface area (Å²) in [4.78, 5) is 11.7. The molecule has 0 radical (unpaired) electrons. The van der Waals surface area contributed by atoms with E-state index in [1.165, 1.54) is 12.1 Å². The fourth-order valence-corrected chi connectivity index (χ4v) is 2.18. The van der Waals surface area contributed by atoms with Crippen LogP contribution in [0.1, 0.15) is 17.3 Å². The highest BCUT2D eigenvalue weighted by Gasteiger charge is 2.12. The lowest BCUT2D eigenvalue weighted by molar-refractivity contribution is 0.0526. The molecule has 2 heterocycles. The molecule has 3 aromatic rings. The van der Waals surface area contributed by atoms with Crippen molar-refractivity contribution in [3.63, 3.8) is 0 Å². The fraction of sp³-hybridized carbons (Fsp3) is 0.125. The van der Waals surface area contributed by atoms with Crippen LogP contribution in [0.15, 0.2) is 42.6 Å². The maximum atomic E-state index is 13.9.